The van der Waals surface area contributed by atoms with E-state index in [4.69, 9.17) is 16.6 Å². The quantitative estimate of drug-likeness (QED) is 0.577. The second-order valence-electron chi connectivity index (χ2n) is 8.11. The fraction of sp³-hybridized carbons (Fsp3) is 0.417. The van der Waals surface area contributed by atoms with E-state index in [0.29, 0.717) is 17.9 Å². The van der Waals surface area contributed by atoms with Crippen molar-refractivity contribution in [2.45, 2.75) is 51.1 Å². The van der Waals surface area contributed by atoms with Crippen molar-refractivity contribution >= 4 is 34.4 Å². The first kappa shape index (κ1) is 22.2. The summed E-state index contributed by atoms with van der Waals surface area (Å²) in [5.41, 5.74) is 3.90. The summed E-state index contributed by atoms with van der Waals surface area (Å²) in [4.78, 5) is 19.0. The summed E-state index contributed by atoms with van der Waals surface area (Å²) in [6, 6.07) is 7.70. The van der Waals surface area contributed by atoms with Gasteiger partial charge >= 0.3 is 0 Å². The highest BCUT2D eigenvalue weighted by atomic mass is 35.5. The number of piperidine rings is 1. The Labute approximate surface area is 192 Å². The number of thiazole rings is 1. The molecule has 0 spiro atoms. The van der Waals surface area contributed by atoms with Crippen molar-refractivity contribution in [2.24, 2.45) is 0 Å². The first-order valence-electron chi connectivity index (χ1n) is 10.8. The van der Waals surface area contributed by atoms with Crippen LogP contribution in [0.5, 0.6) is 0 Å². The molecule has 164 valence electrons. The Hall–Kier alpha value is -1.99. The van der Waals surface area contributed by atoms with Crippen LogP contribution in [0.1, 0.15) is 52.9 Å². The summed E-state index contributed by atoms with van der Waals surface area (Å²) >= 11 is 7.60. The Kier molecular flexibility index (Phi) is 7.23. The third-order valence-electron chi connectivity index (χ3n) is 5.92. The van der Waals surface area contributed by atoms with Gasteiger partial charge in [-0.05, 0) is 49.6 Å². The molecule has 2 heterocycles. The number of aliphatic hydroxyl groups is 1. The number of carbonyl (C=O) groups is 1. The lowest BCUT2D eigenvalue weighted by Crippen LogP contribution is -2.46. The van der Waals surface area contributed by atoms with E-state index in [2.05, 4.69) is 10.6 Å². The summed E-state index contributed by atoms with van der Waals surface area (Å²) in [6.07, 6.45) is 8.43. The van der Waals surface area contributed by atoms with Gasteiger partial charge in [-0.1, -0.05) is 42.3 Å². The number of aromatic nitrogens is 1. The Morgan fingerprint density at radius 3 is 2.84 bits per heavy atom. The first-order valence-corrected chi connectivity index (χ1v) is 12.0. The van der Waals surface area contributed by atoms with E-state index in [1.54, 1.807) is 11.3 Å². The molecule has 2 aliphatic rings. The summed E-state index contributed by atoms with van der Waals surface area (Å²) in [6.45, 7) is 3.03. The van der Waals surface area contributed by atoms with Crippen molar-refractivity contribution in [1.82, 2.24) is 15.6 Å². The molecule has 1 aliphatic carbocycles. The number of hydrogen-bond acceptors (Lipinski definition) is 5. The minimum atomic E-state index is -0.176. The highest BCUT2D eigenvalue weighted by Crippen LogP contribution is 2.32. The average molecular weight is 458 g/mol. The number of amides is 1. The molecule has 1 saturated heterocycles. The molecular formula is C24H28ClN3O2S. The SMILES string of the molecule is Cc1nc(C(NC(=O)C2=CC=C(c3ccc(Cl)cc3)C2)C2CCCCN2)sc1CCO. The van der Waals surface area contributed by atoms with Gasteiger partial charge in [0, 0.05) is 41.0 Å². The van der Waals surface area contributed by atoms with Crippen LogP contribution in [-0.4, -0.2) is 35.2 Å². The van der Waals surface area contributed by atoms with Crippen molar-refractivity contribution in [1.29, 1.82) is 0 Å². The minimum Gasteiger partial charge on any atom is -0.396 e. The zero-order chi connectivity index (χ0) is 21.8. The van der Waals surface area contributed by atoms with E-state index in [1.165, 1.54) is 0 Å². The third-order valence-corrected chi connectivity index (χ3v) is 7.48. The van der Waals surface area contributed by atoms with Crippen LogP contribution in [0.15, 0.2) is 42.0 Å². The van der Waals surface area contributed by atoms with Crippen LogP contribution in [0.3, 0.4) is 0 Å². The highest BCUT2D eigenvalue weighted by molar-refractivity contribution is 7.11. The summed E-state index contributed by atoms with van der Waals surface area (Å²) in [5, 5.41) is 17.8. The molecule has 7 heteroatoms. The van der Waals surface area contributed by atoms with Crippen molar-refractivity contribution in [3.8, 4) is 0 Å². The predicted molar refractivity (Wildman–Crippen MR) is 126 cm³/mol. The second kappa shape index (κ2) is 10.1. The molecule has 1 aromatic heterocycles. The van der Waals surface area contributed by atoms with Crippen LogP contribution < -0.4 is 10.6 Å². The van der Waals surface area contributed by atoms with Crippen molar-refractivity contribution in [3.05, 3.63) is 68.2 Å². The van der Waals surface area contributed by atoms with Gasteiger partial charge in [-0.15, -0.1) is 11.3 Å². The zero-order valence-electron chi connectivity index (χ0n) is 17.7. The number of halogens is 1. The largest absolute Gasteiger partial charge is 0.396 e. The van der Waals surface area contributed by atoms with E-state index in [-0.39, 0.29) is 24.6 Å². The van der Waals surface area contributed by atoms with Crippen LogP contribution in [-0.2, 0) is 11.2 Å². The molecule has 0 saturated carbocycles. The number of nitrogens with zero attached hydrogens (tertiary/aromatic N) is 1. The Morgan fingerprint density at radius 1 is 1.32 bits per heavy atom. The number of aliphatic hydroxyl groups excluding tert-OH is 1. The fourth-order valence-electron chi connectivity index (χ4n) is 4.19. The van der Waals surface area contributed by atoms with E-state index in [9.17, 15) is 9.90 Å². The summed E-state index contributed by atoms with van der Waals surface area (Å²) in [7, 11) is 0. The number of hydrogen-bond donors (Lipinski definition) is 3. The fourth-order valence-corrected chi connectivity index (χ4v) is 5.49. The molecule has 0 radical (unpaired) electrons. The van der Waals surface area contributed by atoms with Gasteiger partial charge in [-0.3, -0.25) is 4.79 Å². The van der Waals surface area contributed by atoms with Crippen LogP contribution in [0.25, 0.3) is 5.57 Å². The molecule has 1 aliphatic heterocycles. The second-order valence-corrected chi connectivity index (χ2v) is 9.66. The Morgan fingerprint density at radius 2 is 2.13 bits per heavy atom. The molecule has 4 rings (SSSR count). The topological polar surface area (TPSA) is 74.2 Å². The Bertz CT molecular complexity index is 991. The summed E-state index contributed by atoms with van der Waals surface area (Å²) < 4.78 is 0. The molecule has 1 aromatic carbocycles. The molecule has 31 heavy (non-hydrogen) atoms. The zero-order valence-corrected chi connectivity index (χ0v) is 19.2. The maximum atomic E-state index is 13.2. The molecule has 3 N–H and O–H groups in total. The van der Waals surface area contributed by atoms with Crippen molar-refractivity contribution < 1.29 is 9.90 Å². The third kappa shape index (κ3) is 5.26. The maximum Gasteiger partial charge on any atom is 0.248 e. The number of rotatable bonds is 7. The van der Waals surface area contributed by atoms with E-state index in [0.717, 1.165) is 58.1 Å². The van der Waals surface area contributed by atoms with E-state index >= 15 is 0 Å². The normalized spacial score (nSPS) is 19.6. The van der Waals surface area contributed by atoms with E-state index in [1.807, 2.05) is 43.3 Å². The molecule has 2 unspecified atom stereocenters. The van der Waals surface area contributed by atoms with Crippen molar-refractivity contribution in [2.75, 3.05) is 13.2 Å². The molecule has 1 fully saturated rings. The standard InChI is InChI=1S/C24H28ClN3O2S/c1-15-21(11-13-29)31-24(27-15)22(20-4-2-3-12-26-20)28-23(30)18-6-5-17(14-18)16-7-9-19(25)10-8-16/h5-10,20,22,26,29H,2-4,11-14H2,1H3,(H,28,30). The van der Waals surface area contributed by atoms with Crippen LogP contribution >= 0.6 is 22.9 Å². The molecular weight excluding hydrogens is 430 g/mol. The van der Waals surface area contributed by atoms with Gasteiger partial charge in [0.1, 0.15) is 5.01 Å². The number of aryl methyl sites for hydroxylation is 1. The van der Waals surface area contributed by atoms with Gasteiger partial charge in [-0.2, -0.15) is 0 Å². The molecule has 2 atom stereocenters. The van der Waals surface area contributed by atoms with Gasteiger partial charge in [0.15, 0.2) is 0 Å². The first-order chi connectivity index (χ1) is 15.0. The Balaban J connectivity index is 1.48. The van der Waals surface area contributed by atoms with E-state index < -0.39 is 0 Å². The molecule has 0 bridgehead atoms. The number of allylic oxidation sites excluding steroid dienone is 3. The lowest BCUT2D eigenvalue weighted by molar-refractivity contribution is -0.118. The van der Waals surface area contributed by atoms with Crippen molar-refractivity contribution in [3.63, 3.8) is 0 Å². The van der Waals surface area contributed by atoms with Gasteiger partial charge in [0.2, 0.25) is 5.91 Å². The number of nitrogens with one attached hydrogen (secondary N) is 2. The maximum absolute atomic E-state index is 13.2. The van der Waals surface area contributed by atoms with Gasteiger partial charge in [0.05, 0.1) is 11.7 Å². The molecule has 1 amide bonds. The average Bonchev–Trinajstić information content (AvgIpc) is 3.41. The van der Waals surface area contributed by atoms with Crippen LogP contribution in [0.2, 0.25) is 5.02 Å². The predicted octanol–water partition coefficient (Wildman–Crippen LogP) is 4.35. The number of benzene rings is 1. The monoisotopic (exact) mass is 457 g/mol. The van der Waals surface area contributed by atoms with Gasteiger partial charge < -0.3 is 15.7 Å². The lowest BCUT2D eigenvalue weighted by atomic mass is 9.97. The van der Waals surface area contributed by atoms with Crippen LogP contribution in [0, 0.1) is 6.92 Å². The molecule has 5 nitrogen and oxygen atoms in total. The lowest BCUT2D eigenvalue weighted by Gasteiger charge is -2.31. The minimum absolute atomic E-state index is 0.0471. The summed E-state index contributed by atoms with van der Waals surface area (Å²) in [5.74, 6) is -0.0471. The van der Waals surface area contributed by atoms with Gasteiger partial charge in [-0.25, -0.2) is 4.98 Å². The molecule has 2 aromatic rings. The van der Waals surface area contributed by atoms with Crippen LogP contribution in [0.4, 0.5) is 0 Å². The smallest absolute Gasteiger partial charge is 0.248 e. The number of carbonyl (C=O) groups excluding carboxylic acids is 1. The highest BCUT2D eigenvalue weighted by Gasteiger charge is 2.30. The van der Waals surface area contributed by atoms with Gasteiger partial charge in [0.25, 0.3) is 0 Å².